The highest BCUT2D eigenvalue weighted by Crippen LogP contribution is 2.49. The molecule has 33 heavy (non-hydrogen) atoms. The van der Waals surface area contributed by atoms with Gasteiger partial charge >= 0.3 is 0 Å². The topological polar surface area (TPSA) is 76.8 Å². The van der Waals surface area contributed by atoms with E-state index >= 15 is 0 Å². The van der Waals surface area contributed by atoms with Crippen LogP contribution in [0.15, 0.2) is 53.5 Å². The molecule has 2 fully saturated rings. The van der Waals surface area contributed by atoms with Gasteiger partial charge in [0.25, 0.3) is 5.56 Å². The molecule has 166 valence electrons. The molecular weight excluding hydrogens is 419 g/mol. The van der Waals surface area contributed by atoms with E-state index in [0.717, 1.165) is 31.5 Å². The van der Waals surface area contributed by atoms with Crippen molar-refractivity contribution in [2.75, 3.05) is 11.9 Å². The molecule has 4 aromatic rings. The molecule has 0 amide bonds. The first kappa shape index (κ1) is 19.0. The first-order valence-corrected chi connectivity index (χ1v) is 11.5. The number of halogens is 1. The number of aromatic nitrogens is 4. The first-order chi connectivity index (χ1) is 16.1. The molecule has 2 saturated carbocycles. The summed E-state index contributed by atoms with van der Waals surface area (Å²) in [6.07, 6.45) is 6.88. The van der Waals surface area contributed by atoms with Crippen molar-refractivity contribution in [3.8, 4) is 5.69 Å². The molecule has 2 aromatic carbocycles. The maximum Gasteiger partial charge on any atom is 0.278 e. The standard InChI is InChI=1S/C25H23FN6O/c26-16-1-4-18(5-2-16)31-22-20(23(33)32(31)19-6-7-19)14-27-24(30-22)29-17-3-8-21-15(13-17)9-12-28-25(21)10-11-25/h1-5,8,13-14,19,28H,6-7,9-12H2,(H,27,29,30). The number of hydrogen-bond acceptors (Lipinski definition) is 5. The summed E-state index contributed by atoms with van der Waals surface area (Å²) < 4.78 is 17.1. The normalized spacial score (nSPS) is 18.5. The number of hydrogen-bond donors (Lipinski definition) is 2. The predicted molar refractivity (Wildman–Crippen MR) is 124 cm³/mol. The van der Waals surface area contributed by atoms with Gasteiger partial charge in [-0.2, -0.15) is 4.98 Å². The van der Waals surface area contributed by atoms with E-state index in [1.807, 2.05) is 0 Å². The zero-order chi connectivity index (χ0) is 22.2. The van der Waals surface area contributed by atoms with Crippen molar-refractivity contribution in [1.82, 2.24) is 24.6 Å². The summed E-state index contributed by atoms with van der Waals surface area (Å²) in [5.74, 6) is 0.115. The van der Waals surface area contributed by atoms with Crippen LogP contribution in [0.3, 0.4) is 0 Å². The molecule has 1 aliphatic heterocycles. The van der Waals surface area contributed by atoms with E-state index in [4.69, 9.17) is 4.98 Å². The van der Waals surface area contributed by atoms with Gasteiger partial charge in [-0.15, -0.1) is 0 Å². The van der Waals surface area contributed by atoms with Gasteiger partial charge in [-0.05, 0) is 79.6 Å². The van der Waals surface area contributed by atoms with E-state index in [1.54, 1.807) is 27.7 Å². The summed E-state index contributed by atoms with van der Waals surface area (Å²) in [5.41, 5.74) is 5.01. The molecule has 0 unspecified atom stereocenters. The minimum atomic E-state index is -0.317. The number of nitrogens with one attached hydrogen (secondary N) is 2. The Balaban J connectivity index is 1.31. The minimum absolute atomic E-state index is 0.112. The van der Waals surface area contributed by atoms with Crippen molar-refractivity contribution in [2.24, 2.45) is 0 Å². The van der Waals surface area contributed by atoms with Crippen LogP contribution in [0.4, 0.5) is 16.0 Å². The summed E-state index contributed by atoms with van der Waals surface area (Å²) in [7, 11) is 0. The second-order valence-electron chi connectivity index (χ2n) is 9.36. The van der Waals surface area contributed by atoms with Crippen LogP contribution in [-0.4, -0.2) is 25.9 Å². The van der Waals surface area contributed by atoms with Crippen LogP contribution < -0.4 is 16.2 Å². The minimum Gasteiger partial charge on any atom is -0.324 e. The third-order valence-corrected chi connectivity index (χ3v) is 7.07. The quantitative estimate of drug-likeness (QED) is 0.501. The number of fused-ring (bicyclic) bond motifs is 3. The van der Waals surface area contributed by atoms with Crippen molar-refractivity contribution < 1.29 is 4.39 Å². The number of anilines is 2. The molecule has 3 aliphatic rings. The van der Waals surface area contributed by atoms with Crippen LogP contribution in [-0.2, 0) is 12.0 Å². The summed E-state index contributed by atoms with van der Waals surface area (Å²) in [5, 5.41) is 7.45. The zero-order valence-corrected chi connectivity index (χ0v) is 18.0. The van der Waals surface area contributed by atoms with E-state index in [2.05, 4.69) is 33.8 Å². The maximum absolute atomic E-state index is 13.6. The van der Waals surface area contributed by atoms with Gasteiger partial charge in [0.1, 0.15) is 11.2 Å². The molecule has 2 aromatic heterocycles. The van der Waals surface area contributed by atoms with Crippen LogP contribution in [0.25, 0.3) is 16.7 Å². The van der Waals surface area contributed by atoms with E-state index in [-0.39, 0.29) is 23.0 Å². The molecule has 2 N–H and O–H groups in total. The highest BCUT2D eigenvalue weighted by Gasteiger charge is 2.46. The summed E-state index contributed by atoms with van der Waals surface area (Å²) in [6.45, 7) is 0.998. The lowest BCUT2D eigenvalue weighted by molar-refractivity contribution is 0.490. The number of nitrogens with zero attached hydrogens (tertiary/aromatic N) is 4. The lowest BCUT2D eigenvalue weighted by Gasteiger charge is -2.27. The molecule has 0 saturated heterocycles. The molecule has 7 nitrogen and oxygen atoms in total. The van der Waals surface area contributed by atoms with Crippen LogP contribution in [0.2, 0.25) is 0 Å². The Labute approximate surface area is 189 Å². The summed E-state index contributed by atoms with van der Waals surface area (Å²) in [6, 6.07) is 12.7. The van der Waals surface area contributed by atoms with Crippen LogP contribution in [0, 0.1) is 5.82 Å². The molecule has 0 radical (unpaired) electrons. The van der Waals surface area contributed by atoms with E-state index in [1.165, 1.54) is 36.1 Å². The molecule has 2 aliphatic carbocycles. The molecule has 1 spiro atoms. The Morgan fingerprint density at radius 1 is 1.12 bits per heavy atom. The summed E-state index contributed by atoms with van der Waals surface area (Å²) >= 11 is 0. The van der Waals surface area contributed by atoms with Gasteiger partial charge in [0, 0.05) is 24.0 Å². The van der Waals surface area contributed by atoms with Gasteiger partial charge in [0.15, 0.2) is 5.65 Å². The summed E-state index contributed by atoms with van der Waals surface area (Å²) in [4.78, 5) is 22.3. The van der Waals surface area contributed by atoms with Gasteiger partial charge in [-0.25, -0.2) is 18.7 Å². The third kappa shape index (κ3) is 3.01. The van der Waals surface area contributed by atoms with Crippen molar-refractivity contribution in [2.45, 2.75) is 43.7 Å². The van der Waals surface area contributed by atoms with Gasteiger partial charge in [0.05, 0.1) is 11.7 Å². The van der Waals surface area contributed by atoms with Gasteiger partial charge in [0.2, 0.25) is 5.95 Å². The van der Waals surface area contributed by atoms with E-state index in [0.29, 0.717) is 22.7 Å². The molecule has 0 atom stereocenters. The Bertz CT molecular complexity index is 1460. The van der Waals surface area contributed by atoms with Crippen molar-refractivity contribution in [3.63, 3.8) is 0 Å². The van der Waals surface area contributed by atoms with Crippen LogP contribution in [0.5, 0.6) is 0 Å². The smallest absolute Gasteiger partial charge is 0.278 e. The SMILES string of the molecule is O=c1c2cnc(Nc3ccc4c(c3)CCNC43CC3)nc2n(-c2ccc(F)cc2)n1C1CC1. The van der Waals surface area contributed by atoms with Crippen molar-refractivity contribution in [1.29, 1.82) is 0 Å². The monoisotopic (exact) mass is 442 g/mol. The second-order valence-corrected chi connectivity index (χ2v) is 9.36. The van der Waals surface area contributed by atoms with Crippen LogP contribution >= 0.6 is 0 Å². The highest BCUT2D eigenvalue weighted by molar-refractivity contribution is 5.77. The second kappa shape index (κ2) is 6.74. The van der Waals surface area contributed by atoms with Gasteiger partial charge in [-0.1, -0.05) is 6.07 Å². The Hall–Kier alpha value is -3.52. The average molecular weight is 442 g/mol. The maximum atomic E-state index is 13.6. The lowest BCUT2D eigenvalue weighted by Crippen LogP contribution is -2.36. The fraction of sp³-hybridized carbons (Fsp3) is 0.320. The number of benzene rings is 2. The Morgan fingerprint density at radius 3 is 2.70 bits per heavy atom. The Morgan fingerprint density at radius 2 is 1.94 bits per heavy atom. The molecular formula is C25H23FN6O. The molecule has 8 heteroatoms. The number of rotatable bonds is 4. The van der Waals surface area contributed by atoms with Gasteiger partial charge < -0.3 is 10.6 Å². The van der Waals surface area contributed by atoms with Crippen molar-refractivity contribution >= 4 is 22.7 Å². The van der Waals surface area contributed by atoms with E-state index in [9.17, 15) is 9.18 Å². The zero-order valence-electron chi connectivity index (χ0n) is 18.0. The predicted octanol–water partition coefficient (Wildman–Crippen LogP) is 3.93. The van der Waals surface area contributed by atoms with Crippen molar-refractivity contribution in [3.05, 3.63) is 76.0 Å². The first-order valence-electron chi connectivity index (χ1n) is 11.5. The van der Waals surface area contributed by atoms with Gasteiger partial charge in [-0.3, -0.25) is 4.79 Å². The fourth-order valence-electron chi connectivity index (χ4n) is 5.12. The largest absolute Gasteiger partial charge is 0.324 e. The fourth-order valence-corrected chi connectivity index (χ4v) is 5.12. The Kier molecular flexibility index (Phi) is 3.88. The third-order valence-electron chi connectivity index (χ3n) is 7.07. The van der Waals surface area contributed by atoms with Crippen LogP contribution in [0.1, 0.15) is 42.9 Å². The molecule has 3 heterocycles. The molecule has 0 bridgehead atoms. The lowest BCUT2D eigenvalue weighted by atomic mass is 9.92. The molecule has 7 rings (SSSR count). The van der Waals surface area contributed by atoms with E-state index < -0.39 is 0 Å². The highest BCUT2D eigenvalue weighted by atomic mass is 19.1. The average Bonchev–Trinajstić information content (AvgIpc) is 3.75.